The van der Waals surface area contributed by atoms with E-state index in [9.17, 15) is 9.90 Å². The van der Waals surface area contributed by atoms with Crippen molar-refractivity contribution >= 4 is 6.16 Å². The summed E-state index contributed by atoms with van der Waals surface area (Å²) in [5.41, 5.74) is 0.715. The second-order valence-electron chi connectivity index (χ2n) is 6.73. The quantitative estimate of drug-likeness (QED) is 0.594. The van der Waals surface area contributed by atoms with Crippen LogP contribution in [-0.2, 0) is 10.8 Å². The average molecular weight is 266 g/mol. The summed E-state index contributed by atoms with van der Waals surface area (Å²) in [5, 5.41) is 19.0. The fourth-order valence-electron chi connectivity index (χ4n) is 1.93. The van der Waals surface area contributed by atoms with Gasteiger partial charge in [0.15, 0.2) is 0 Å². The number of aromatic hydroxyl groups is 1. The number of hydrogen-bond acceptors (Lipinski definition) is 3. The summed E-state index contributed by atoms with van der Waals surface area (Å²) in [7, 11) is 0. The number of ether oxygens (including phenoxy) is 1. The molecule has 0 aliphatic carbocycles. The van der Waals surface area contributed by atoms with Gasteiger partial charge in [-0.15, -0.1) is 0 Å². The van der Waals surface area contributed by atoms with Gasteiger partial charge in [-0.25, -0.2) is 4.79 Å². The molecule has 0 bridgehead atoms. The lowest BCUT2D eigenvalue weighted by atomic mass is 9.81. The molecule has 0 aliphatic rings. The highest BCUT2D eigenvalue weighted by Gasteiger charge is 2.26. The smallest absolute Gasteiger partial charge is 0.508 e. The highest BCUT2D eigenvalue weighted by atomic mass is 16.7. The molecular formula is C15H22O4. The lowest BCUT2D eigenvalue weighted by Gasteiger charge is -2.26. The Morgan fingerprint density at radius 2 is 1.47 bits per heavy atom. The molecule has 0 radical (unpaired) electrons. The molecular weight excluding hydrogens is 244 g/mol. The fourth-order valence-corrected chi connectivity index (χ4v) is 1.93. The first-order valence-electron chi connectivity index (χ1n) is 6.21. The lowest BCUT2D eigenvalue weighted by molar-refractivity contribution is 0.143. The van der Waals surface area contributed by atoms with E-state index in [0.29, 0.717) is 11.1 Å². The first-order chi connectivity index (χ1) is 8.43. The Morgan fingerprint density at radius 3 is 1.84 bits per heavy atom. The molecule has 1 aromatic rings. The Kier molecular flexibility index (Phi) is 3.84. The minimum atomic E-state index is -1.35. The van der Waals surface area contributed by atoms with Crippen molar-refractivity contribution in [3.05, 3.63) is 23.3 Å². The highest BCUT2D eigenvalue weighted by molar-refractivity contribution is 5.64. The molecule has 1 rings (SSSR count). The molecule has 0 spiro atoms. The monoisotopic (exact) mass is 266 g/mol. The van der Waals surface area contributed by atoms with Crippen molar-refractivity contribution in [2.24, 2.45) is 0 Å². The molecule has 0 fully saturated rings. The molecule has 0 saturated carbocycles. The van der Waals surface area contributed by atoms with Crippen LogP contribution in [0.25, 0.3) is 0 Å². The second-order valence-corrected chi connectivity index (χ2v) is 6.73. The zero-order valence-corrected chi connectivity index (χ0v) is 12.4. The number of hydrogen-bond donors (Lipinski definition) is 2. The summed E-state index contributed by atoms with van der Waals surface area (Å²) in [6.07, 6.45) is -1.35. The Balaban J connectivity index is 3.50. The number of rotatable bonds is 1. The van der Waals surface area contributed by atoms with Crippen LogP contribution in [0, 0.1) is 0 Å². The van der Waals surface area contributed by atoms with E-state index in [4.69, 9.17) is 9.84 Å². The van der Waals surface area contributed by atoms with Gasteiger partial charge < -0.3 is 14.9 Å². The van der Waals surface area contributed by atoms with Gasteiger partial charge in [0.2, 0.25) is 0 Å². The van der Waals surface area contributed by atoms with E-state index in [-0.39, 0.29) is 22.3 Å². The predicted octanol–water partition coefficient (Wildman–Crippen LogP) is 4.04. The summed E-state index contributed by atoms with van der Waals surface area (Å²) in [5.74, 6) is 0.442. The Labute approximate surface area is 114 Å². The molecule has 0 aliphatic heterocycles. The maximum Gasteiger partial charge on any atom is 0.511 e. The average Bonchev–Trinajstić information content (AvgIpc) is 2.16. The Hall–Kier alpha value is -1.71. The van der Waals surface area contributed by atoms with E-state index in [1.165, 1.54) is 0 Å². The van der Waals surface area contributed by atoms with Gasteiger partial charge in [0.1, 0.15) is 11.5 Å². The zero-order chi connectivity index (χ0) is 15.0. The maximum absolute atomic E-state index is 10.8. The van der Waals surface area contributed by atoms with Crippen LogP contribution in [0.5, 0.6) is 11.5 Å². The van der Waals surface area contributed by atoms with Crippen LogP contribution in [-0.4, -0.2) is 16.4 Å². The summed E-state index contributed by atoms with van der Waals surface area (Å²) in [6.45, 7) is 11.7. The zero-order valence-electron chi connectivity index (χ0n) is 12.4. The maximum atomic E-state index is 10.8. The third kappa shape index (κ3) is 3.63. The third-order valence-electron chi connectivity index (χ3n) is 2.91. The number of carbonyl (C=O) groups is 1. The minimum absolute atomic E-state index is 0.162. The van der Waals surface area contributed by atoms with Crippen molar-refractivity contribution in [1.29, 1.82) is 0 Å². The van der Waals surface area contributed by atoms with Gasteiger partial charge in [-0.05, 0) is 23.0 Å². The summed E-state index contributed by atoms with van der Waals surface area (Å²) >= 11 is 0. The fraction of sp³-hybridized carbons (Fsp3) is 0.533. The van der Waals surface area contributed by atoms with E-state index < -0.39 is 6.16 Å². The van der Waals surface area contributed by atoms with Crippen LogP contribution < -0.4 is 4.74 Å². The number of phenolic OH excluding ortho intramolecular Hbond substituents is 1. The van der Waals surface area contributed by atoms with Gasteiger partial charge >= 0.3 is 6.16 Å². The van der Waals surface area contributed by atoms with E-state index in [1.807, 2.05) is 41.5 Å². The molecule has 0 heterocycles. The van der Waals surface area contributed by atoms with Crippen LogP contribution >= 0.6 is 0 Å². The van der Waals surface area contributed by atoms with Crippen LogP contribution in [0.4, 0.5) is 4.79 Å². The highest BCUT2D eigenvalue weighted by Crippen LogP contribution is 2.40. The van der Waals surface area contributed by atoms with Crippen LogP contribution in [0.1, 0.15) is 52.7 Å². The molecule has 4 heteroatoms. The standard InChI is InChI=1S/C15H22O4/c1-14(2,3)9-8-12(19-13(17)18)10(7-11(9)16)15(4,5)6/h7-8,16H,1-6H3,(H,17,18). The van der Waals surface area contributed by atoms with Crippen molar-refractivity contribution in [3.8, 4) is 11.5 Å². The van der Waals surface area contributed by atoms with Crippen molar-refractivity contribution in [2.45, 2.75) is 52.4 Å². The second kappa shape index (κ2) is 4.76. The molecule has 2 N–H and O–H groups in total. The van der Waals surface area contributed by atoms with Gasteiger partial charge in [0.25, 0.3) is 0 Å². The van der Waals surface area contributed by atoms with Gasteiger partial charge in [-0.2, -0.15) is 0 Å². The largest absolute Gasteiger partial charge is 0.511 e. The van der Waals surface area contributed by atoms with Crippen LogP contribution in [0.15, 0.2) is 12.1 Å². The van der Waals surface area contributed by atoms with Gasteiger partial charge in [-0.1, -0.05) is 41.5 Å². The topological polar surface area (TPSA) is 66.8 Å². The normalized spacial score (nSPS) is 12.3. The molecule has 106 valence electrons. The molecule has 0 saturated heterocycles. The molecule has 4 nitrogen and oxygen atoms in total. The Bertz CT molecular complexity index is 490. The van der Waals surface area contributed by atoms with E-state index in [1.54, 1.807) is 12.1 Å². The summed E-state index contributed by atoms with van der Waals surface area (Å²) < 4.78 is 4.87. The molecule has 0 aromatic heterocycles. The first kappa shape index (κ1) is 15.3. The Morgan fingerprint density at radius 1 is 1.00 bits per heavy atom. The van der Waals surface area contributed by atoms with Crippen LogP contribution in [0.3, 0.4) is 0 Å². The lowest BCUT2D eigenvalue weighted by Crippen LogP contribution is -2.18. The summed E-state index contributed by atoms with van der Waals surface area (Å²) in [6, 6.07) is 3.21. The first-order valence-corrected chi connectivity index (χ1v) is 6.21. The number of phenols is 1. The van der Waals surface area contributed by atoms with E-state index in [2.05, 4.69) is 0 Å². The van der Waals surface area contributed by atoms with Crippen molar-refractivity contribution in [3.63, 3.8) is 0 Å². The molecule has 0 atom stereocenters. The molecule has 19 heavy (non-hydrogen) atoms. The minimum Gasteiger partial charge on any atom is -0.508 e. The van der Waals surface area contributed by atoms with E-state index in [0.717, 1.165) is 0 Å². The molecule has 0 amide bonds. The van der Waals surface area contributed by atoms with Crippen molar-refractivity contribution in [2.75, 3.05) is 0 Å². The van der Waals surface area contributed by atoms with Gasteiger partial charge in [0.05, 0.1) is 0 Å². The van der Waals surface area contributed by atoms with Crippen LogP contribution in [0.2, 0.25) is 0 Å². The molecule has 0 unspecified atom stereocenters. The predicted molar refractivity (Wildman–Crippen MR) is 74.2 cm³/mol. The SMILES string of the molecule is CC(C)(C)c1cc(OC(=O)O)c(C(C)(C)C)cc1O. The molecule has 1 aromatic carbocycles. The summed E-state index contributed by atoms with van der Waals surface area (Å²) in [4.78, 5) is 10.8. The van der Waals surface area contributed by atoms with Crippen molar-refractivity contribution in [1.82, 2.24) is 0 Å². The van der Waals surface area contributed by atoms with Crippen molar-refractivity contribution < 1.29 is 19.7 Å². The third-order valence-corrected chi connectivity index (χ3v) is 2.91. The number of benzene rings is 1. The van der Waals surface area contributed by atoms with Gasteiger partial charge in [0, 0.05) is 11.1 Å². The van der Waals surface area contributed by atoms with Gasteiger partial charge in [-0.3, -0.25) is 0 Å². The number of carboxylic acid groups (broad SMARTS) is 1. The van der Waals surface area contributed by atoms with E-state index >= 15 is 0 Å².